The molecule has 3 aliphatic rings. The van der Waals surface area contributed by atoms with Crippen molar-refractivity contribution in [2.75, 3.05) is 37.3 Å². The van der Waals surface area contributed by atoms with E-state index in [0.29, 0.717) is 12.5 Å². The van der Waals surface area contributed by atoms with Gasteiger partial charge in [0.1, 0.15) is 5.41 Å². The summed E-state index contributed by atoms with van der Waals surface area (Å²) in [7, 11) is -3.40. The Morgan fingerprint density at radius 2 is 1.92 bits per heavy atom. The van der Waals surface area contributed by atoms with Gasteiger partial charge in [-0.3, -0.25) is 4.79 Å². The summed E-state index contributed by atoms with van der Waals surface area (Å²) in [6.07, 6.45) is 5.36. The first-order valence-electron chi connectivity index (χ1n) is 9.00. The molecule has 2 fully saturated rings. The van der Waals surface area contributed by atoms with E-state index in [2.05, 4.69) is 4.98 Å². The first-order valence-corrected chi connectivity index (χ1v) is 10.9. The lowest BCUT2D eigenvalue weighted by Crippen LogP contribution is -2.42. The van der Waals surface area contributed by atoms with Crippen LogP contribution in [0.1, 0.15) is 29.8 Å². The van der Waals surface area contributed by atoms with Gasteiger partial charge in [0.05, 0.1) is 6.26 Å². The van der Waals surface area contributed by atoms with Crippen LogP contribution in [0.5, 0.6) is 0 Å². The molecule has 1 aromatic heterocycles. The second kappa shape index (κ2) is 5.88. The maximum Gasteiger partial charge on any atom is 0.313 e. The molecule has 0 spiro atoms. The van der Waals surface area contributed by atoms with Crippen LogP contribution in [-0.2, 0) is 27.7 Å². The summed E-state index contributed by atoms with van der Waals surface area (Å²) in [5, 5.41) is 9.88. The predicted octanol–water partition coefficient (Wildman–Crippen LogP) is 0.446. The van der Waals surface area contributed by atoms with Crippen LogP contribution < -0.4 is 4.90 Å². The number of aromatic nitrogens is 2. The fourth-order valence-corrected chi connectivity index (χ4v) is 5.55. The smallest absolute Gasteiger partial charge is 0.313 e. The summed E-state index contributed by atoms with van der Waals surface area (Å²) in [6, 6.07) is 0. The van der Waals surface area contributed by atoms with Crippen LogP contribution in [0.15, 0.2) is 0 Å². The molecule has 0 saturated carbocycles. The first kappa shape index (κ1) is 17.7. The minimum Gasteiger partial charge on any atom is -0.481 e. The predicted molar refractivity (Wildman–Crippen MR) is 95.6 cm³/mol. The van der Waals surface area contributed by atoms with E-state index < -0.39 is 21.4 Å². The molecule has 0 unspecified atom stereocenters. The molecule has 4 rings (SSSR count). The van der Waals surface area contributed by atoms with Gasteiger partial charge in [0.2, 0.25) is 16.0 Å². The highest BCUT2D eigenvalue weighted by molar-refractivity contribution is 7.88. The lowest BCUT2D eigenvalue weighted by Gasteiger charge is -2.26. The molecule has 26 heavy (non-hydrogen) atoms. The highest BCUT2D eigenvalue weighted by Gasteiger charge is 2.59. The van der Waals surface area contributed by atoms with E-state index >= 15 is 0 Å². The van der Waals surface area contributed by atoms with Crippen molar-refractivity contribution < 1.29 is 18.3 Å². The summed E-state index contributed by atoms with van der Waals surface area (Å²) in [5.74, 6) is -0.607. The molecule has 1 N–H and O–H groups in total. The van der Waals surface area contributed by atoms with Crippen molar-refractivity contribution in [1.82, 2.24) is 14.3 Å². The minimum absolute atomic E-state index is 0.0201. The summed E-state index contributed by atoms with van der Waals surface area (Å²) in [6.45, 7) is 2.97. The molecule has 3 heterocycles. The van der Waals surface area contributed by atoms with E-state index in [9.17, 15) is 18.3 Å². The quantitative estimate of drug-likeness (QED) is 0.812. The Hall–Kier alpha value is -1.74. The summed E-state index contributed by atoms with van der Waals surface area (Å²) >= 11 is 0. The van der Waals surface area contributed by atoms with E-state index in [1.54, 1.807) is 0 Å². The Bertz CT molecular complexity index is 872. The van der Waals surface area contributed by atoms with Gasteiger partial charge in [-0.1, -0.05) is 0 Å². The fourth-order valence-electron chi connectivity index (χ4n) is 4.63. The summed E-state index contributed by atoms with van der Waals surface area (Å²) < 4.78 is 25.1. The van der Waals surface area contributed by atoms with Crippen LogP contribution in [0, 0.1) is 18.3 Å². The van der Waals surface area contributed by atoms with Gasteiger partial charge in [0, 0.05) is 43.5 Å². The maximum atomic E-state index is 12.1. The molecule has 2 saturated heterocycles. The maximum absolute atomic E-state index is 12.1. The molecule has 9 heteroatoms. The van der Waals surface area contributed by atoms with E-state index in [0.717, 1.165) is 43.3 Å². The monoisotopic (exact) mass is 380 g/mol. The van der Waals surface area contributed by atoms with Gasteiger partial charge < -0.3 is 10.0 Å². The molecule has 0 bridgehead atoms. The number of carboxylic acid groups (broad SMARTS) is 1. The number of anilines is 1. The fraction of sp³-hybridized carbons (Fsp3) is 0.706. The minimum atomic E-state index is -3.40. The van der Waals surface area contributed by atoms with Crippen LogP contribution in [0.3, 0.4) is 0 Å². The van der Waals surface area contributed by atoms with Gasteiger partial charge >= 0.3 is 5.97 Å². The zero-order chi connectivity index (χ0) is 18.7. The van der Waals surface area contributed by atoms with Crippen molar-refractivity contribution in [3.05, 3.63) is 17.0 Å². The summed E-state index contributed by atoms with van der Waals surface area (Å²) in [5.41, 5.74) is 2.20. The number of hydrogen-bond donors (Lipinski definition) is 1. The van der Waals surface area contributed by atoms with Crippen LogP contribution >= 0.6 is 0 Å². The molecule has 142 valence electrons. The van der Waals surface area contributed by atoms with Gasteiger partial charge in [0.25, 0.3) is 0 Å². The molecule has 1 aliphatic carbocycles. The zero-order valence-electron chi connectivity index (χ0n) is 15.1. The number of nitrogens with zero attached hydrogens (tertiary/aromatic N) is 4. The summed E-state index contributed by atoms with van der Waals surface area (Å²) in [4.78, 5) is 23.4. The molecular formula is C17H24N4O4S. The third-order valence-electron chi connectivity index (χ3n) is 6.13. The van der Waals surface area contributed by atoms with Crippen molar-refractivity contribution in [2.24, 2.45) is 11.3 Å². The number of hydrogen-bond acceptors (Lipinski definition) is 6. The third-order valence-corrected chi connectivity index (χ3v) is 7.35. The Morgan fingerprint density at radius 3 is 2.58 bits per heavy atom. The molecule has 0 radical (unpaired) electrons. The van der Waals surface area contributed by atoms with Gasteiger partial charge in [-0.05, 0) is 38.2 Å². The Morgan fingerprint density at radius 1 is 1.19 bits per heavy atom. The number of carbonyl (C=O) groups is 1. The highest BCUT2D eigenvalue weighted by Crippen LogP contribution is 2.44. The molecule has 2 atom stereocenters. The Labute approximate surface area is 153 Å². The first-order chi connectivity index (χ1) is 12.2. The number of carboxylic acids is 1. The average molecular weight is 380 g/mol. The number of sulfonamides is 1. The van der Waals surface area contributed by atoms with Gasteiger partial charge in [0.15, 0.2) is 0 Å². The molecule has 0 aromatic carbocycles. The average Bonchev–Trinajstić information content (AvgIpc) is 3.10. The van der Waals surface area contributed by atoms with E-state index in [1.807, 2.05) is 11.8 Å². The second-order valence-electron chi connectivity index (χ2n) is 7.84. The molecule has 0 amide bonds. The zero-order valence-corrected chi connectivity index (χ0v) is 15.9. The van der Waals surface area contributed by atoms with Crippen LogP contribution in [0.25, 0.3) is 0 Å². The van der Waals surface area contributed by atoms with Crippen LogP contribution in [-0.4, -0.2) is 66.2 Å². The Kier molecular flexibility index (Phi) is 4.00. The standard InChI is InChI=1S/C17H24N4O4S/c1-11-13-5-3-4-6-14(13)19-16(18-11)20-7-12-8-21(26(2,24)25)10-17(12,9-20)15(22)23/h12H,3-10H2,1-2H3,(H,22,23)/t12-,17-/m1/s1. The number of aliphatic carboxylic acids is 1. The van der Waals surface area contributed by atoms with E-state index in [-0.39, 0.29) is 25.6 Å². The molecule has 8 nitrogen and oxygen atoms in total. The largest absolute Gasteiger partial charge is 0.481 e. The topological polar surface area (TPSA) is 104 Å². The Balaban J connectivity index is 1.65. The molecular weight excluding hydrogens is 356 g/mol. The number of rotatable bonds is 3. The van der Waals surface area contributed by atoms with Gasteiger partial charge in [-0.2, -0.15) is 0 Å². The van der Waals surface area contributed by atoms with E-state index in [1.165, 1.54) is 9.87 Å². The number of aryl methyl sites for hydroxylation is 2. The highest BCUT2D eigenvalue weighted by atomic mass is 32.2. The SMILES string of the molecule is Cc1nc(N2C[C@@H]3CN(S(C)(=O)=O)C[C@]3(C(=O)O)C2)nc2c1CCCC2. The second-order valence-corrected chi connectivity index (χ2v) is 9.82. The van der Waals surface area contributed by atoms with Crippen molar-refractivity contribution in [1.29, 1.82) is 0 Å². The van der Waals surface area contributed by atoms with E-state index in [4.69, 9.17) is 4.98 Å². The van der Waals surface area contributed by atoms with Crippen LogP contribution in [0.2, 0.25) is 0 Å². The lowest BCUT2D eigenvalue weighted by atomic mass is 9.81. The van der Waals surface area contributed by atoms with Gasteiger partial charge in [-0.25, -0.2) is 22.7 Å². The van der Waals surface area contributed by atoms with Gasteiger partial charge in [-0.15, -0.1) is 0 Å². The normalized spacial score (nSPS) is 28.8. The third kappa shape index (κ3) is 2.68. The van der Waals surface area contributed by atoms with Crippen molar-refractivity contribution in [2.45, 2.75) is 32.6 Å². The number of fused-ring (bicyclic) bond motifs is 2. The van der Waals surface area contributed by atoms with Crippen molar-refractivity contribution in [3.63, 3.8) is 0 Å². The van der Waals surface area contributed by atoms with Crippen LogP contribution in [0.4, 0.5) is 5.95 Å². The van der Waals surface area contributed by atoms with Crippen molar-refractivity contribution in [3.8, 4) is 0 Å². The molecule has 2 aliphatic heterocycles. The van der Waals surface area contributed by atoms with Crippen molar-refractivity contribution >= 4 is 21.9 Å². The lowest BCUT2D eigenvalue weighted by molar-refractivity contribution is -0.148. The molecule has 1 aromatic rings.